The Morgan fingerprint density at radius 2 is 0.953 bits per heavy atom. The van der Waals surface area contributed by atoms with Gasteiger partial charge in [-0.1, -0.05) is 119 Å². The summed E-state index contributed by atoms with van der Waals surface area (Å²) < 4.78 is 40.6. The first-order valence-corrected chi connectivity index (χ1v) is 35.8. The fraction of sp³-hybridized carbons (Fsp3) is 0.350. The number of hydrogen-bond donors (Lipinski definition) is 10. The molecule has 2 atom stereocenters. The van der Waals surface area contributed by atoms with Gasteiger partial charge in [0, 0.05) is 19.7 Å². The Bertz CT molecular complexity index is 1560. The van der Waals surface area contributed by atoms with Crippen molar-refractivity contribution < 1.29 is 87.0 Å². The summed E-state index contributed by atoms with van der Waals surface area (Å²) in [5, 5.41) is 35.9. The molecule has 2 unspecified atom stereocenters. The molecule has 3 rings (SSSR count). The predicted molar refractivity (Wildman–Crippen MR) is 285 cm³/mol. The summed E-state index contributed by atoms with van der Waals surface area (Å²) in [7, 11) is 5.01. The molecule has 16 nitrogen and oxygen atoms in total. The van der Waals surface area contributed by atoms with Crippen LogP contribution in [0.25, 0.3) is 0 Å². The number of nitrogens with two attached hydrogens (primary N) is 2. The monoisotopic (exact) mass is 1470 g/mol. The van der Waals surface area contributed by atoms with E-state index >= 15 is 0 Å². The van der Waals surface area contributed by atoms with Crippen LogP contribution in [0.4, 0.5) is 0 Å². The predicted octanol–water partition coefficient (Wildman–Crippen LogP) is -1.96. The third-order valence-corrected chi connectivity index (χ3v) is 11.0. The van der Waals surface area contributed by atoms with Crippen molar-refractivity contribution in [3.05, 3.63) is 127 Å². The van der Waals surface area contributed by atoms with Crippen molar-refractivity contribution in [1.82, 2.24) is 26.9 Å². The number of rotatable bonds is 22. The maximum absolute atomic E-state index is 11.2. The molecule has 0 aliphatic heterocycles. The smallest absolute Gasteiger partial charge is 0.0134 e. The van der Waals surface area contributed by atoms with Crippen molar-refractivity contribution in [3.8, 4) is 0 Å². The van der Waals surface area contributed by atoms with Gasteiger partial charge in [-0.3, -0.25) is 0 Å². The number of aliphatic hydroxyl groups is 3. The van der Waals surface area contributed by atoms with E-state index in [0.717, 1.165) is 19.4 Å². The maximum atomic E-state index is 11.2. The Morgan fingerprint density at radius 1 is 0.641 bits per heavy atom. The number of nitrogens with one attached hydrogen (secondary N) is 5. The van der Waals surface area contributed by atoms with E-state index in [0.29, 0.717) is 32.5 Å². The second kappa shape index (κ2) is 59.2. The van der Waals surface area contributed by atoms with Crippen molar-refractivity contribution in [2.45, 2.75) is 6.92 Å². The number of hydrogen-bond acceptors (Lipinski definition) is 16. The molecule has 12 N–H and O–H groups in total. The summed E-state index contributed by atoms with van der Waals surface area (Å²) in [6.45, 7) is 5.76. The maximum Gasteiger partial charge on any atom is -0.0134 e. The summed E-state index contributed by atoms with van der Waals surface area (Å²) in [5.41, 5.74) is 15.0. The number of carbonyl (C=O) groups excluding carboxylic acids is 2. The molecule has 0 aliphatic carbocycles. The Labute approximate surface area is 443 Å². The van der Waals surface area contributed by atoms with Gasteiger partial charge in [0.2, 0.25) is 0 Å². The topological polar surface area (TPSA) is 260 Å². The van der Waals surface area contributed by atoms with Gasteiger partial charge in [-0.25, -0.2) is 0 Å². The van der Waals surface area contributed by atoms with Gasteiger partial charge in [0.05, 0.1) is 18.7 Å². The number of halogens is 5. The molecule has 0 spiro atoms. The van der Waals surface area contributed by atoms with Crippen LogP contribution in [-0.2, 0) is 28.0 Å². The Hall–Kier alpha value is 0.0300. The van der Waals surface area contributed by atoms with Crippen molar-refractivity contribution in [2.24, 2.45) is 11.5 Å². The minimum absolute atomic E-state index is 0.0625. The van der Waals surface area contributed by atoms with Gasteiger partial charge in [0.15, 0.2) is 0 Å². The molecule has 0 aliphatic rings. The number of carbonyl (C=O) groups is 2. The average Bonchev–Trinajstić information content (AvgIpc) is 3.33. The normalized spacial score (nSPS) is 12.4. The van der Waals surface area contributed by atoms with Crippen LogP contribution in [0, 0.1) is 0 Å². The van der Waals surface area contributed by atoms with Gasteiger partial charge in [-0.15, -0.1) is 0 Å². The van der Waals surface area contributed by atoms with Crippen molar-refractivity contribution >= 4 is 102 Å². The van der Waals surface area contributed by atoms with Crippen molar-refractivity contribution in [2.75, 3.05) is 85.7 Å². The molecular formula is C40H69BrI4N7O9P3-2. The van der Waals surface area contributed by atoms with E-state index in [4.69, 9.17) is 36.3 Å². The quantitative estimate of drug-likeness (QED) is 0.00997. The minimum atomic E-state index is -2.65. The van der Waals surface area contributed by atoms with Gasteiger partial charge in [0.1, 0.15) is 12.6 Å². The first kappa shape index (κ1) is 68.3. The molecule has 0 radical (unpaired) electrons. The van der Waals surface area contributed by atoms with Crippen LogP contribution in [0.3, 0.4) is 0 Å². The van der Waals surface area contributed by atoms with E-state index in [1.807, 2.05) is 32.3 Å². The molecule has 0 aromatic heterocycles. The molecular weight excluding hydrogens is 1400 g/mol. The second-order valence-corrected chi connectivity index (χ2v) is 41.6. The number of benzene rings is 3. The molecule has 0 fully saturated rings. The summed E-state index contributed by atoms with van der Waals surface area (Å²) in [5.74, 6) is 0. The van der Waals surface area contributed by atoms with Crippen LogP contribution >= 0.6 is 73.2 Å². The van der Waals surface area contributed by atoms with Crippen LogP contribution in [0.15, 0.2) is 127 Å². The number of aldehydes is 2. The third kappa shape index (κ3) is 64.1. The Kier molecular flexibility index (Phi) is 63.1. The average molecular weight is 1470 g/mol. The zero-order chi connectivity index (χ0) is 51.0. The molecule has 0 saturated heterocycles. The van der Waals surface area contributed by atoms with Crippen LogP contribution < -0.4 is 98.0 Å². The molecule has 0 bridgehead atoms. The molecule has 0 amide bonds. The summed E-state index contributed by atoms with van der Waals surface area (Å²) in [6.07, 6.45) is 12.4. The number of aliphatic hydroxyl groups excluding tert-OH is 3. The van der Waals surface area contributed by atoms with E-state index in [9.17, 15) is 13.9 Å². The van der Waals surface area contributed by atoms with E-state index in [1.54, 1.807) is 76.3 Å². The molecule has 0 heterocycles. The summed E-state index contributed by atoms with van der Waals surface area (Å²) >= 11 is 3.89. The zero-order valence-corrected chi connectivity index (χ0v) is 49.4. The third-order valence-electron chi connectivity index (χ3n) is 5.56. The summed E-state index contributed by atoms with van der Waals surface area (Å²) in [4.78, 5) is 18.4. The first-order valence-electron chi connectivity index (χ1n) is 19.7. The van der Waals surface area contributed by atoms with Crippen LogP contribution in [0.5, 0.6) is 0 Å². The van der Waals surface area contributed by atoms with E-state index < -0.39 is 56.9 Å². The van der Waals surface area contributed by atoms with Crippen molar-refractivity contribution in [1.29, 1.82) is 1.19 Å². The van der Waals surface area contributed by atoms with Crippen LogP contribution in [0.1, 0.15) is 6.92 Å². The largest absolute Gasteiger partial charge is 0.0622 e. The fourth-order valence-electron chi connectivity index (χ4n) is 3.32. The van der Waals surface area contributed by atoms with Crippen LogP contribution in [0.2, 0.25) is 0 Å². The Balaban J connectivity index is -0.000000235. The van der Waals surface area contributed by atoms with Gasteiger partial charge in [-0.05, 0) is 44.9 Å². The molecule has 370 valence electrons. The minimum Gasteiger partial charge on any atom is -0.0622 e. The first-order chi connectivity index (χ1) is 31.8. The van der Waals surface area contributed by atoms with Crippen LogP contribution in [-0.4, -0.2) is 115 Å². The number of alkyl halides is 1. The van der Waals surface area contributed by atoms with Gasteiger partial charge < -0.3 is 41.3 Å². The fourth-order valence-corrected chi connectivity index (χ4v) is 7.75. The second-order valence-electron chi connectivity index (χ2n) is 10.6. The van der Waals surface area contributed by atoms with E-state index in [1.165, 1.54) is 15.9 Å². The van der Waals surface area contributed by atoms with Crippen molar-refractivity contribution in [3.63, 3.8) is 0 Å². The number of likely N-dealkylation sites (N-methyl/N-ethyl adjacent to an activating group) is 3. The summed E-state index contributed by atoms with van der Waals surface area (Å²) in [6, 6.07) is 32.3. The van der Waals surface area contributed by atoms with Gasteiger partial charge in [-0.2, -0.15) is 0 Å². The molecule has 3 aromatic rings. The van der Waals surface area contributed by atoms with Gasteiger partial charge in [0.25, 0.3) is 0 Å². The van der Waals surface area contributed by atoms with E-state index in [2.05, 4.69) is 140 Å². The zero-order valence-electron chi connectivity index (χ0n) is 38.5. The molecule has 24 heteroatoms. The molecule has 0 saturated carbocycles. The molecule has 3 aromatic carbocycles. The van der Waals surface area contributed by atoms with Gasteiger partial charge >= 0.3 is 192 Å². The standard InChI is InChI=1S/C18H15P.C5H12I2N2O2P.C5H11NO.C4H10I2N2O2P.C3H7NO.C2H5NO.C2H6O.CH3BrO/c1-4-10-16(11-5-1)19(17-12-6-2-7-13-17)18-14-8-3-9-15-18;1-8-4-2-3-5-9-11-12(6,7)10;1-6-4-2-3-5-7;5-11(6,9)10-8-4-2-1-3-7;1-4-2-3-5;3-1-2-4;1-2-3;2-1-3/h1-15H;2-3,6,8-9H,4-5H2,1H3;2-3,6-7H,4-5H2,1H3;1-2,5,8H,3-4,7H2;3-4H,2H2,1H3;2H,1,3H2;3H,2H2,1H3;3H,1H2/q;-1;;-1;;;;/b;2*3-2+;2-1+;;;;/i;6D;;5D;;;;. The molecule has 64 heavy (non-hydrogen) atoms. The van der Waals surface area contributed by atoms with E-state index in [-0.39, 0.29) is 25.3 Å². The Morgan fingerprint density at radius 3 is 1.20 bits per heavy atom. The SMILES string of the molecule is CCO.CNC/C=C/CO.CNCC=O.NCC=O.OCBr.[2H][I-]P(=O)(I)ONC/C=C/CN.[2H][I-]P(=O)(I)ONC/C=C/CNC.c1ccc(P(c2ccccc2)c2ccccc2)cc1. The number of hydroxylamine groups is 2.